The van der Waals surface area contributed by atoms with Gasteiger partial charge in [-0.25, -0.2) is 8.42 Å². The van der Waals surface area contributed by atoms with E-state index in [1.807, 2.05) is 0 Å². The molecule has 3 rings (SSSR count). The van der Waals surface area contributed by atoms with Gasteiger partial charge in [-0.3, -0.25) is 19.6 Å². The van der Waals surface area contributed by atoms with E-state index in [2.05, 4.69) is 10.0 Å². The Labute approximate surface area is 165 Å². The van der Waals surface area contributed by atoms with E-state index in [1.54, 1.807) is 24.3 Å². The lowest BCUT2D eigenvalue weighted by molar-refractivity contribution is -0.402. The van der Waals surface area contributed by atoms with Gasteiger partial charge in [-0.1, -0.05) is 12.1 Å². The summed E-state index contributed by atoms with van der Waals surface area (Å²) in [6, 6.07) is 14.2. The molecule has 0 bridgehead atoms. The lowest BCUT2D eigenvalue weighted by Crippen LogP contribution is -2.14. The highest BCUT2D eigenvalue weighted by molar-refractivity contribution is 7.92. The Bertz CT molecular complexity index is 1150. The fraction of sp³-hybridized carbons (Fsp3) is 0.0556. The van der Waals surface area contributed by atoms with E-state index in [1.165, 1.54) is 37.4 Å². The fourth-order valence-corrected chi connectivity index (χ4v) is 3.46. The number of carbonyl (C=O) groups excluding carboxylic acids is 1. The molecule has 0 radical (unpaired) electrons. The second-order valence-electron chi connectivity index (χ2n) is 5.68. The Morgan fingerprint density at radius 2 is 1.76 bits per heavy atom. The molecule has 1 aromatic heterocycles. The van der Waals surface area contributed by atoms with Crippen LogP contribution in [0.1, 0.15) is 10.6 Å². The summed E-state index contributed by atoms with van der Waals surface area (Å²) in [4.78, 5) is 21.9. The Morgan fingerprint density at radius 1 is 1.07 bits per heavy atom. The molecule has 0 aliphatic rings. The topological polar surface area (TPSA) is 141 Å². The predicted octanol–water partition coefficient (Wildman–Crippen LogP) is 3.25. The number of sulfonamides is 1. The molecule has 1 heterocycles. The van der Waals surface area contributed by atoms with E-state index >= 15 is 0 Å². The van der Waals surface area contributed by atoms with Crippen LogP contribution >= 0.6 is 0 Å². The Hall–Kier alpha value is -3.86. The minimum Gasteiger partial charge on any atom is -0.495 e. The van der Waals surface area contributed by atoms with Crippen LogP contribution in [0.15, 0.2) is 70.0 Å². The molecule has 29 heavy (non-hydrogen) atoms. The van der Waals surface area contributed by atoms with Crippen molar-refractivity contribution in [2.75, 3.05) is 17.1 Å². The van der Waals surface area contributed by atoms with Crippen LogP contribution in [0.5, 0.6) is 5.75 Å². The summed E-state index contributed by atoms with van der Waals surface area (Å²) in [7, 11) is -2.46. The SMILES string of the molecule is COc1ccccc1NS(=O)(=O)c1ccc(NC(=O)c2ccc([N+](=O)[O-])o2)cc1. The minimum absolute atomic E-state index is 0.0324. The molecule has 2 N–H and O–H groups in total. The monoisotopic (exact) mass is 417 g/mol. The smallest absolute Gasteiger partial charge is 0.433 e. The van der Waals surface area contributed by atoms with Gasteiger partial charge in [0.25, 0.3) is 15.9 Å². The molecule has 1 amide bonds. The molecule has 0 spiro atoms. The molecule has 0 aliphatic heterocycles. The van der Waals surface area contributed by atoms with Gasteiger partial charge in [-0.15, -0.1) is 0 Å². The minimum atomic E-state index is -3.89. The second-order valence-corrected chi connectivity index (χ2v) is 7.36. The van der Waals surface area contributed by atoms with Crippen LogP contribution in [0.4, 0.5) is 17.3 Å². The molecular weight excluding hydrogens is 402 g/mol. The summed E-state index contributed by atoms with van der Waals surface area (Å²) in [5.41, 5.74) is 0.567. The summed E-state index contributed by atoms with van der Waals surface area (Å²) >= 11 is 0. The van der Waals surface area contributed by atoms with Crippen LogP contribution in [-0.2, 0) is 10.0 Å². The number of amides is 1. The molecule has 0 atom stereocenters. The highest BCUT2D eigenvalue weighted by Gasteiger charge is 2.19. The molecule has 0 unspecified atom stereocenters. The third-order valence-electron chi connectivity index (χ3n) is 3.77. The molecule has 0 aliphatic carbocycles. The van der Waals surface area contributed by atoms with Crippen LogP contribution in [-0.4, -0.2) is 26.4 Å². The number of ether oxygens (including phenoxy) is 1. The van der Waals surface area contributed by atoms with Gasteiger partial charge in [0.15, 0.2) is 5.76 Å². The number of rotatable bonds is 7. The molecular formula is C18H15N3O7S. The molecule has 3 aromatic rings. The van der Waals surface area contributed by atoms with Gasteiger partial charge in [0.05, 0.1) is 23.8 Å². The highest BCUT2D eigenvalue weighted by Crippen LogP contribution is 2.26. The predicted molar refractivity (Wildman–Crippen MR) is 104 cm³/mol. The zero-order chi connectivity index (χ0) is 21.0. The van der Waals surface area contributed by atoms with E-state index in [-0.39, 0.29) is 22.0 Å². The number of furan rings is 1. The van der Waals surface area contributed by atoms with Crippen LogP contribution in [0.2, 0.25) is 0 Å². The second kappa shape index (κ2) is 8.02. The van der Waals surface area contributed by atoms with Crippen molar-refractivity contribution in [3.8, 4) is 5.75 Å². The summed E-state index contributed by atoms with van der Waals surface area (Å²) in [6.07, 6.45) is 0. The van der Waals surface area contributed by atoms with Crippen molar-refractivity contribution < 1.29 is 27.3 Å². The van der Waals surface area contributed by atoms with Gasteiger partial charge in [0.1, 0.15) is 10.7 Å². The maximum absolute atomic E-state index is 12.6. The number of nitro groups is 1. The molecule has 0 fully saturated rings. The first-order valence-corrected chi connectivity index (χ1v) is 9.60. The average molecular weight is 417 g/mol. The number of hydrogen-bond acceptors (Lipinski definition) is 7. The van der Waals surface area contributed by atoms with E-state index in [0.29, 0.717) is 5.75 Å². The molecule has 150 valence electrons. The van der Waals surface area contributed by atoms with Crippen molar-refractivity contribution in [1.29, 1.82) is 0 Å². The average Bonchev–Trinajstić information content (AvgIpc) is 3.19. The number of hydrogen-bond donors (Lipinski definition) is 2. The highest BCUT2D eigenvalue weighted by atomic mass is 32.2. The standard InChI is InChI=1S/C18H15N3O7S/c1-27-15-5-3-2-4-14(15)20-29(25,26)13-8-6-12(7-9-13)19-18(22)16-10-11-17(28-16)21(23)24/h2-11,20H,1H3,(H,19,22). The normalized spacial score (nSPS) is 10.9. The van der Waals surface area contributed by atoms with Crippen molar-refractivity contribution in [2.45, 2.75) is 4.90 Å². The number of nitrogens with zero attached hydrogens (tertiary/aromatic N) is 1. The Balaban J connectivity index is 1.73. The number of benzene rings is 2. The first-order valence-electron chi connectivity index (χ1n) is 8.11. The maximum atomic E-state index is 12.6. The Kier molecular flexibility index (Phi) is 5.50. The van der Waals surface area contributed by atoms with Gasteiger partial charge in [0, 0.05) is 5.69 Å². The number of para-hydroxylation sites is 2. The van der Waals surface area contributed by atoms with Crippen molar-refractivity contribution in [3.63, 3.8) is 0 Å². The zero-order valence-electron chi connectivity index (χ0n) is 15.0. The Morgan fingerprint density at radius 3 is 2.38 bits per heavy atom. The third-order valence-corrected chi connectivity index (χ3v) is 5.15. The summed E-state index contributed by atoms with van der Waals surface area (Å²) in [5, 5.41) is 13.1. The lowest BCUT2D eigenvalue weighted by atomic mass is 10.3. The first kappa shape index (κ1) is 19.9. The number of methoxy groups -OCH3 is 1. The molecule has 0 saturated heterocycles. The van der Waals surface area contributed by atoms with E-state index in [4.69, 9.17) is 9.15 Å². The molecule has 0 saturated carbocycles. The van der Waals surface area contributed by atoms with Crippen molar-refractivity contribution in [1.82, 2.24) is 0 Å². The van der Waals surface area contributed by atoms with Crippen molar-refractivity contribution in [3.05, 3.63) is 76.5 Å². The zero-order valence-corrected chi connectivity index (χ0v) is 15.8. The van der Waals surface area contributed by atoms with Crippen molar-refractivity contribution in [2.24, 2.45) is 0 Å². The van der Waals surface area contributed by atoms with E-state index in [0.717, 1.165) is 6.07 Å². The molecule has 2 aromatic carbocycles. The quantitative estimate of drug-likeness (QED) is 0.444. The first-order chi connectivity index (χ1) is 13.8. The van der Waals surface area contributed by atoms with Crippen LogP contribution in [0.3, 0.4) is 0 Å². The van der Waals surface area contributed by atoms with E-state index in [9.17, 15) is 23.3 Å². The van der Waals surface area contributed by atoms with Gasteiger partial charge < -0.3 is 14.5 Å². The number of carbonyl (C=O) groups is 1. The third kappa shape index (κ3) is 4.52. The number of nitrogens with one attached hydrogen (secondary N) is 2. The van der Waals surface area contributed by atoms with Crippen LogP contribution < -0.4 is 14.8 Å². The van der Waals surface area contributed by atoms with E-state index < -0.39 is 26.7 Å². The maximum Gasteiger partial charge on any atom is 0.433 e. The number of anilines is 2. The van der Waals surface area contributed by atoms with Crippen molar-refractivity contribution >= 4 is 33.2 Å². The fourth-order valence-electron chi connectivity index (χ4n) is 2.39. The summed E-state index contributed by atoms with van der Waals surface area (Å²) in [6.45, 7) is 0. The van der Waals surface area contributed by atoms with Crippen LogP contribution in [0, 0.1) is 10.1 Å². The van der Waals surface area contributed by atoms with Gasteiger partial charge in [0.2, 0.25) is 0 Å². The van der Waals surface area contributed by atoms with Gasteiger partial charge in [-0.2, -0.15) is 0 Å². The lowest BCUT2D eigenvalue weighted by Gasteiger charge is -2.12. The largest absolute Gasteiger partial charge is 0.495 e. The summed E-state index contributed by atoms with van der Waals surface area (Å²) in [5.74, 6) is -1.14. The van der Waals surface area contributed by atoms with Gasteiger partial charge >= 0.3 is 5.88 Å². The molecule has 11 heteroatoms. The van der Waals surface area contributed by atoms with Crippen LogP contribution in [0.25, 0.3) is 0 Å². The molecule has 10 nitrogen and oxygen atoms in total. The summed E-state index contributed by atoms with van der Waals surface area (Å²) < 4.78 is 37.5. The van der Waals surface area contributed by atoms with Gasteiger partial charge in [-0.05, 0) is 42.5 Å².